The maximum atomic E-state index is 5.78. The molecule has 0 amide bonds. The number of aromatic nitrogens is 3. The molecule has 0 atom stereocenters. The molecular weight excluding hydrogens is 272 g/mol. The van der Waals surface area contributed by atoms with Crippen LogP contribution in [0.4, 0.5) is 17.8 Å². The summed E-state index contributed by atoms with van der Waals surface area (Å²) in [5, 5.41) is 7.50. The summed E-state index contributed by atoms with van der Waals surface area (Å²) < 4.78 is 0. The number of nitrogen functional groups attached to an aromatic ring is 1. The topological polar surface area (TPSA) is 80.0 Å². The van der Waals surface area contributed by atoms with Crippen molar-refractivity contribution in [1.29, 1.82) is 0 Å². The molecule has 1 aliphatic rings. The van der Waals surface area contributed by atoms with Crippen LogP contribution < -0.4 is 16.0 Å². The first-order chi connectivity index (χ1) is 9.72. The molecule has 2 aromatic rings. The molecule has 3 N–H and O–H groups in total. The molecule has 7 heteroatoms. The first kappa shape index (κ1) is 13.1. The Morgan fingerprint density at radius 3 is 2.75 bits per heavy atom. The molecule has 1 fully saturated rings. The molecule has 0 radical (unpaired) electrons. The molecule has 3 rings (SSSR count). The summed E-state index contributed by atoms with van der Waals surface area (Å²) in [4.78, 5) is 15.0. The molecule has 6 nitrogen and oxygen atoms in total. The Morgan fingerprint density at radius 2 is 2.05 bits per heavy atom. The van der Waals surface area contributed by atoms with Gasteiger partial charge in [0.25, 0.3) is 0 Å². The third-order valence-corrected chi connectivity index (χ3v) is 4.34. The predicted molar refractivity (Wildman–Crippen MR) is 82.1 cm³/mol. The molecule has 3 heterocycles. The third-order valence-electron chi connectivity index (χ3n) is 3.43. The summed E-state index contributed by atoms with van der Waals surface area (Å²) in [6, 6.07) is 0. The van der Waals surface area contributed by atoms with Gasteiger partial charge in [-0.2, -0.15) is 26.3 Å². The van der Waals surface area contributed by atoms with Crippen molar-refractivity contribution in [2.24, 2.45) is 0 Å². The Kier molecular flexibility index (Phi) is 3.68. The van der Waals surface area contributed by atoms with Gasteiger partial charge in [0.1, 0.15) is 0 Å². The van der Waals surface area contributed by atoms with Crippen molar-refractivity contribution in [1.82, 2.24) is 15.0 Å². The second-order valence-corrected chi connectivity index (χ2v) is 5.69. The Balaban J connectivity index is 1.74. The molecule has 0 unspecified atom stereocenters. The molecule has 1 saturated heterocycles. The van der Waals surface area contributed by atoms with Gasteiger partial charge in [-0.15, -0.1) is 0 Å². The van der Waals surface area contributed by atoms with Crippen LogP contribution in [0.1, 0.15) is 24.0 Å². The number of aryl methyl sites for hydroxylation is 1. The lowest BCUT2D eigenvalue weighted by Gasteiger charge is -2.16. The second kappa shape index (κ2) is 5.62. The lowest BCUT2D eigenvalue weighted by molar-refractivity contribution is 0.881. The van der Waals surface area contributed by atoms with E-state index in [0.717, 1.165) is 13.1 Å². The monoisotopic (exact) mass is 290 g/mol. The summed E-state index contributed by atoms with van der Waals surface area (Å²) >= 11 is 1.70. The van der Waals surface area contributed by atoms with Gasteiger partial charge in [-0.25, -0.2) is 0 Å². The van der Waals surface area contributed by atoms with Gasteiger partial charge in [-0.1, -0.05) is 0 Å². The van der Waals surface area contributed by atoms with E-state index in [1.807, 2.05) is 0 Å². The summed E-state index contributed by atoms with van der Waals surface area (Å²) in [5.41, 5.74) is 8.32. The van der Waals surface area contributed by atoms with Crippen LogP contribution in [0.15, 0.2) is 10.8 Å². The number of hydrogen-bond donors (Lipinski definition) is 2. The highest BCUT2D eigenvalue weighted by Gasteiger charge is 2.16. The van der Waals surface area contributed by atoms with Gasteiger partial charge in [-0.3, -0.25) is 0 Å². The minimum Gasteiger partial charge on any atom is -0.368 e. The van der Waals surface area contributed by atoms with Crippen molar-refractivity contribution in [3.8, 4) is 0 Å². The maximum Gasteiger partial charge on any atom is 0.231 e. The van der Waals surface area contributed by atoms with E-state index in [9.17, 15) is 0 Å². The van der Waals surface area contributed by atoms with Crippen molar-refractivity contribution < 1.29 is 0 Å². The molecule has 106 valence electrons. The molecule has 2 aromatic heterocycles. The molecule has 20 heavy (non-hydrogen) atoms. The van der Waals surface area contributed by atoms with Gasteiger partial charge in [0.2, 0.25) is 17.8 Å². The van der Waals surface area contributed by atoms with Gasteiger partial charge in [0.15, 0.2) is 0 Å². The zero-order valence-corrected chi connectivity index (χ0v) is 12.3. The fraction of sp³-hybridized carbons (Fsp3) is 0.462. The van der Waals surface area contributed by atoms with Crippen molar-refractivity contribution in [3.05, 3.63) is 21.9 Å². The number of nitrogens with two attached hydrogens (primary N) is 1. The minimum absolute atomic E-state index is 0.270. The standard InChI is InChI=1S/C13H18N6S/c1-9-7-20-8-10(9)6-15-12-16-11(14)17-13(18-12)19-4-2-3-5-19/h7-8H,2-6H2,1H3,(H3,14,15,16,17,18). The van der Waals surface area contributed by atoms with E-state index in [0.29, 0.717) is 18.4 Å². The second-order valence-electron chi connectivity index (χ2n) is 4.94. The Morgan fingerprint density at radius 1 is 1.25 bits per heavy atom. The minimum atomic E-state index is 0.270. The number of anilines is 3. The molecular formula is C13H18N6S. The molecule has 0 aliphatic carbocycles. The number of nitrogens with zero attached hydrogens (tertiary/aromatic N) is 4. The van der Waals surface area contributed by atoms with Crippen LogP contribution >= 0.6 is 11.3 Å². The highest BCUT2D eigenvalue weighted by atomic mass is 32.1. The normalized spacial score (nSPS) is 14.8. The van der Waals surface area contributed by atoms with Crippen molar-refractivity contribution in [2.75, 3.05) is 29.0 Å². The highest BCUT2D eigenvalue weighted by molar-refractivity contribution is 7.08. The van der Waals surface area contributed by atoms with Crippen LogP contribution in [0, 0.1) is 6.92 Å². The van der Waals surface area contributed by atoms with Crippen LogP contribution in [-0.2, 0) is 6.54 Å². The number of hydrogen-bond acceptors (Lipinski definition) is 7. The average molecular weight is 290 g/mol. The molecule has 0 spiro atoms. The Bertz CT molecular complexity index is 590. The van der Waals surface area contributed by atoms with Gasteiger partial charge in [-0.05, 0) is 41.7 Å². The van der Waals surface area contributed by atoms with Crippen LogP contribution in [0.2, 0.25) is 0 Å². The number of thiophene rings is 1. The van der Waals surface area contributed by atoms with E-state index >= 15 is 0 Å². The zero-order chi connectivity index (χ0) is 13.9. The lowest BCUT2D eigenvalue weighted by Crippen LogP contribution is -2.22. The fourth-order valence-corrected chi connectivity index (χ4v) is 3.12. The van der Waals surface area contributed by atoms with E-state index in [1.54, 1.807) is 11.3 Å². The van der Waals surface area contributed by atoms with E-state index in [2.05, 4.69) is 42.9 Å². The van der Waals surface area contributed by atoms with E-state index < -0.39 is 0 Å². The van der Waals surface area contributed by atoms with Gasteiger partial charge < -0.3 is 16.0 Å². The molecule has 0 aromatic carbocycles. The van der Waals surface area contributed by atoms with Gasteiger partial charge in [0, 0.05) is 19.6 Å². The maximum absolute atomic E-state index is 5.78. The summed E-state index contributed by atoms with van der Waals surface area (Å²) in [6.45, 7) is 4.79. The molecule has 0 bridgehead atoms. The summed E-state index contributed by atoms with van der Waals surface area (Å²) in [6.07, 6.45) is 2.37. The van der Waals surface area contributed by atoms with Crippen LogP contribution in [0.25, 0.3) is 0 Å². The SMILES string of the molecule is Cc1cscc1CNc1nc(N)nc(N2CCCC2)n1. The quantitative estimate of drug-likeness (QED) is 0.897. The van der Waals surface area contributed by atoms with Gasteiger partial charge in [0.05, 0.1) is 0 Å². The van der Waals surface area contributed by atoms with Crippen molar-refractivity contribution in [3.63, 3.8) is 0 Å². The number of rotatable bonds is 4. The smallest absolute Gasteiger partial charge is 0.231 e. The largest absolute Gasteiger partial charge is 0.368 e. The van der Waals surface area contributed by atoms with Crippen LogP contribution in [0.5, 0.6) is 0 Å². The predicted octanol–water partition coefficient (Wildman–Crippen LogP) is 2.04. The Labute approximate surface area is 122 Å². The highest BCUT2D eigenvalue weighted by Crippen LogP contribution is 2.19. The van der Waals surface area contributed by atoms with Crippen molar-refractivity contribution >= 4 is 29.2 Å². The fourth-order valence-electron chi connectivity index (χ4n) is 2.26. The van der Waals surface area contributed by atoms with E-state index in [4.69, 9.17) is 5.73 Å². The van der Waals surface area contributed by atoms with Crippen LogP contribution in [-0.4, -0.2) is 28.0 Å². The molecule has 0 saturated carbocycles. The summed E-state index contributed by atoms with van der Waals surface area (Å²) in [5.74, 6) is 1.50. The molecule has 1 aliphatic heterocycles. The van der Waals surface area contributed by atoms with Crippen molar-refractivity contribution in [2.45, 2.75) is 26.3 Å². The average Bonchev–Trinajstić information content (AvgIpc) is 3.07. The van der Waals surface area contributed by atoms with Crippen LogP contribution in [0.3, 0.4) is 0 Å². The van der Waals surface area contributed by atoms with Gasteiger partial charge >= 0.3 is 0 Å². The Hall–Kier alpha value is -1.89. The van der Waals surface area contributed by atoms with E-state index in [-0.39, 0.29) is 5.95 Å². The zero-order valence-electron chi connectivity index (χ0n) is 11.5. The third kappa shape index (κ3) is 2.82. The first-order valence-corrected chi connectivity index (χ1v) is 7.69. The first-order valence-electron chi connectivity index (χ1n) is 6.74. The summed E-state index contributed by atoms with van der Waals surface area (Å²) in [7, 11) is 0. The number of nitrogens with one attached hydrogen (secondary N) is 1. The van der Waals surface area contributed by atoms with E-state index in [1.165, 1.54) is 24.0 Å². The lowest BCUT2D eigenvalue weighted by atomic mass is 10.2.